The van der Waals surface area contributed by atoms with E-state index in [1.54, 1.807) is 23.7 Å². The predicted molar refractivity (Wildman–Crippen MR) is 70.4 cm³/mol. The Labute approximate surface area is 110 Å². The van der Waals surface area contributed by atoms with E-state index in [1.165, 1.54) is 13.8 Å². The van der Waals surface area contributed by atoms with E-state index in [-0.39, 0.29) is 11.6 Å². The van der Waals surface area contributed by atoms with Crippen LogP contribution in [0.5, 0.6) is 5.88 Å². The molecule has 0 saturated heterocycles. The normalized spacial score (nSPS) is 12.4. The van der Waals surface area contributed by atoms with Crippen molar-refractivity contribution in [3.63, 3.8) is 0 Å². The summed E-state index contributed by atoms with van der Waals surface area (Å²) in [6.45, 7) is 2.66. The van der Waals surface area contributed by atoms with Crippen LogP contribution in [-0.4, -0.2) is 26.3 Å². The molecular weight excluding hydrogens is 246 g/mol. The number of aromatic hydroxyl groups is 1. The average molecular weight is 261 g/mol. The lowest BCUT2D eigenvalue weighted by atomic mass is 10.1. The fourth-order valence-electron chi connectivity index (χ4n) is 1.68. The number of carbonyl (C=O) groups excluding carboxylic acids is 1. The summed E-state index contributed by atoms with van der Waals surface area (Å²) in [7, 11) is 1.69. The SMILES string of the molecule is Cn1c(O)c(N=NC(=O)C(C)(C)O)c2ccccc21. The number of para-hydroxylation sites is 1. The van der Waals surface area contributed by atoms with Crippen LogP contribution in [0.25, 0.3) is 10.9 Å². The molecule has 0 unspecified atom stereocenters. The first kappa shape index (κ1) is 13.2. The number of hydrogen-bond donors (Lipinski definition) is 2. The maximum Gasteiger partial charge on any atom is 0.295 e. The molecule has 1 amide bonds. The van der Waals surface area contributed by atoms with Gasteiger partial charge in [0, 0.05) is 12.4 Å². The highest BCUT2D eigenvalue weighted by Gasteiger charge is 2.24. The Hall–Kier alpha value is -2.21. The van der Waals surface area contributed by atoms with Crippen LogP contribution in [-0.2, 0) is 11.8 Å². The van der Waals surface area contributed by atoms with E-state index in [1.807, 2.05) is 12.1 Å². The molecule has 2 N–H and O–H groups in total. The fourth-order valence-corrected chi connectivity index (χ4v) is 1.68. The smallest absolute Gasteiger partial charge is 0.295 e. The maximum atomic E-state index is 11.5. The summed E-state index contributed by atoms with van der Waals surface area (Å²) in [5.41, 5.74) is -0.579. The molecule has 100 valence electrons. The van der Waals surface area contributed by atoms with Crippen LogP contribution >= 0.6 is 0 Å². The molecule has 0 spiro atoms. The van der Waals surface area contributed by atoms with Crippen LogP contribution in [0.1, 0.15) is 13.8 Å². The van der Waals surface area contributed by atoms with Crippen LogP contribution < -0.4 is 0 Å². The van der Waals surface area contributed by atoms with Crippen LogP contribution in [0.2, 0.25) is 0 Å². The monoisotopic (exact) mass is 261 g/mol. The zero-order chi connectivity index (χ0) is 14.2. The lowest BCUT2D eigenvalue weighted by molar-refractivity contribution is -0.133. The minimum atomic E-state index is -1.58. The third-order valence-corrected chi connectivity index (χ3v) is 2.81. The van der Waals surface area contributed by atoms with E-state index in [0.717, 1.165) is 5.52 Å². The van der Waals surface area contributed by atoms with Crippen molar-refractivity contribution in [1.82, 2.24) is 4.57 Å². The summed E-state index contributed by atoms with van der Waals surface area (Å²) in [6, 6.07) is 7.24. The number of hydrogen-bond acceptors (Lipinski definition) is 4. The molecule has 0 fully saturated rings. The zero-order valence-electron chi connectivity index (χ0n) is 11.0. The standard InChI is InChI=1S/C13H15N3O3/c1-13(2,19)12(18)15-14-10-8-6-4-5-7-9(8)16(3)11(10)17/h4-7,17,19H,1-3H3. The van der Waals surface area contributed by atoms with Crippen molar-refractivity contribution in [2.75, 3.05) is 0 Å². The van der Waals surface area contributed by atoms with Crippen LogP contribution in [0.15, 0.2) is 34.5 Å². The summed E-state index contributed by atoms with van der Waals surface area (Å²) >= 11 is 0. The fraction of sp³-hybridized carbons (Fsp3) is 0.308. The topological polar surface area (TPSA) is 87.2 Å². The lowest BCUT2D eigenvalue weighted by Gasteiger charge is -2.09. The third kappa shape index (κ3) is 2.34. The van der Waals surface area contributed by atoms with Gasteiger partial charge in [-0.15, -0.1) is 10.2 Å². The number of amides is 1. The van der Waals surface area contributed by atoms with Gasteiger partial charge in [0.1, 0.15) is 5.60 Å². The van der Waals surface area contributed by atoms with Gasteiger partial charge in [-0.25, -0.2) is 0 Å². The maximum absolute atomic E-state index is 11.5. The van der Waals surface area contributed by atoms with Crippen molar-refractivity contribution in [3.8, 4) is 5.88 Å². The van der Waals surface area contributed by atoms with Crippen molar-refractivity contribution in [3.05, 3.63) is 24.3 Å². The number of benzene rings is 1. The van der Waals surface area contributed by atoms with Gasteiger partial charge < -0.3 is 14.8 Å². The summed E-state index contributed by atoms with van der Waals surface area (Å²) < 4.78 is 1.55. The van der Waals surface area contributed by atoms with Crippen molar-refractivity contribution in [2.45, 2.75) is 19.4 Å². The van der Waals surface area contributed by atoms with E-state index >= 15 is 0 Å². The Morgan fingerprint density at radius 3 is 2.58 bits per heavy atom. The molecule has 19 heavy (non-hydrogen) atoms. The molecule has 1 aromatic heterocycles. The molecule has 1 aromatic carbocycles. The first-order valence-electron chi connectivity index (χ1n) is 5.77. The first-order valence-corrected chi connectivity index (χ1v) is 5.77. The van der Waals surface area contributed by atoms with Crippen LogP contribution in [0.3, 0.4) is 0 Å². The molecule has 0 radical (unpaired) electrons. The average Bonchev–Trinajstić information content (AvgIpc) is 2.59. The first-order chi connectivity index (χ1) is 8.82. The van der Waals surface area contributed by atoms with Crippen LogP contribution in [0.4, 0.5) is 5.69 Å². The second-order valence-electron chi connectivity index (χ2n) is 4.81. The highest BCUT2D eigenvalue weighted by Crippen LogP contribution is 2.37. The molecular formula is C13H15N3O3. The summed E-state index contributed by atoms with van der Waals surface area (Å²) in [4.78, 5) is 11.5. The van der Waals surface area contributed by atoms with Gasteiger partial charge in [-0.1, -0.05) is 18.2 Å². The van der Waals surface area contributed by atoms with Crippen LogP contribution in [0, 0.1) is 0 Å². The van der Waals surface area contributed by atoms with Gasteiger partial charge in [0.25, 0.3) is 5.91 Å². The Bertz CT molecular complexity index is 666. The number of aliphatic hydroxyl groups is 1. The minimum absolute atomic E-state index is 0.0755. The number of fused-ring (bicyclic) bond motifs is 1. The molecule has 0 atom stereocenters. The van der Waals surface area contributed by atoms with Gasteiger partial charge in [-0.2, -0.15) is 0 Å². The van der Waals surface area contributed by atoms with E-state index < -0.39 is 11.5 Å². The number of aryl methyl sites for hydroxylation is 1. The zero-order valence-corrected chi connectivity index (χ0v) is 11.0. The molecule has 1 heterocycles. The Morgan fingerprint density at radius 1 is 1.32 bits per heavy atom. The summed E-state index contributed by atoms with van der Waals surface area (Å²) in [5.74, 6) is -0.840. The van der Waals surface area contributed by atoms with Crippen molar-refractivity contribution in [1.29, 1.82) is 0 Å². The third-order valence-electron chi connectivity index (χ3n) is 2.81. The molecule has 0 aliphatic carbocycles. The van der Waals surface area contributed by atoms with Gasteiger partial charge in [0.15, 0.2) is 5.69 Å². The molecule has 0 bridgehead atoms. The van der Waals surface area contributed by atoms with Gasteiger partial charge in [-0.05, 0) is 19.9 Å². The van der Waals surface area contributed by atoms with Crippen molar-refractivity contribution < 1.29 is 15.0 Å². The molecule has 6 nitrogen and oxygen atoms in total. The van der Waals surface area contributed by atoms with E-state index in [0.29, 0.717) is 5.39 Å². The quantitative estimate of drug-likeness (QED) is 0.813. The Kier molecular flexibility index (Phi) is 3.11. The molecule has 6 heteroatoms. The number of azo groups is 1. The molecule has 0 aliphatic heterocycles. The second-order valence-corrected chi connectivity index (χ2v) is 4.81. The molecule has 2 aromatic rings. The largest absolute Gasteiger partial charge is 0.493 e. The van der Waals surface area contributed by atoms with Crippen molar-refractivity contribution in [2.24, 2.45) is 17.3 Å². The van der Waals surface area contributed by atoms with E-state index in [2.05, 4.69) is 10.2 Å². The predicted octanol–water partition coefficient (Wildman–Crippen LogP) is 2.27. The van der Waals surface area contributed by atoms with E-state index in [4.69, 9.17) is 0 Å². The summed E-state index contributed by atoms with van der Waals surface area (Å²) in [6.07, 6.45) is 0. The number of aromatic nitrogens is 1. The summed E-state index contributed by atoms with van der Waals surface area (Å²) in [5, 5.41) is 27.4. The Balaban J connectivity index is 2.50. The van der Waals surface area contributed by atoms with Gasteiger partial charge in [0.05, 0.1) is 5.52 Å². The second kappa shape index (κ2) is 4.47. The molecule has 2 rings (SSSR count). The van der Waals surface area contributed by atoms with Crippen molar-refractivity contribution >= 4 is 22.5 Å². The minimum Gasteiger partial charge on any atom is -0.493 e. The van der Waals surface area contributed by atoms with Gasteiger partial charge in [-0.3, -0.25) is 4.79 Å². The number of nitrogens with zero attached hydrogens (tertiary/aromatic N) is 3. The van der Waals surface area contributed by atoms with Gasteiger partial charge >= 0.3 is 0 Å². The lowest BCUT2D eigenvalue weighted by Crippen LogP contribution is -2.28. The van der Waals surface area contributed by atoms with E-state index in [9.17, 15) is 15.0 Å². The number of carbonyl (C=O) groups is 1. The highest BCUT2D eigenvalue weighted by atomic mass is 16.3. The number of rotatable bonds is 2. The highest BCUT2D eigenvalue weighted by molar-refractivity contribution is 5.95. The van der Waals surface area contributed by atoms with Gasteiger partial charge in [0.2, 0.25) is 5.88 Å². The molecule has 0 saturated carbocycles. The molecule has 0 aliphatic rings. The Morgan fingerprint density at radius 2 is 1.95 bits per heavy atom.